The van der Waals surface area contributed by atoms with Gasteiger partial charge in [-0.2, -0.15) is 0 Å². The van der Waals surface area contributed by atoms with Crippen molar-refractivity contribution < 1.29 is 9.90 Å². The molecule has 0 fully saturated rings. The number of hydrogen-bond acceptors (Lipinski definition) is 6. The van der Waals surface area contributed by atoms with Crippen LogP contribution >= 0.6 is 11.8 Å². The summed E-state index contributed by atoms with van der Waals surface area (Å²) in [5, 5.41) is 8.93. The average Bonchev–Trinajstić information content (AvgIpc) is 2.68. The van der Waals surface area contributed by atoms with Crippen LogP contribution in [0, 0.1) is 0 Å². The lowest BCUT2D eigenvalue weighted by molar-refractivity contribution is -0.138. The summed E-state index contributed by atoms with van der Waals surface area (Å²) in [6.45, 7) is 0. The summed E-state index contributed by atoms with van der Waals surface area (Å²) in [6, 6.07) is 16.5. The zero-order valence-electron chi connectivity index (χ0n) is 14.8. The molecule has 6 nitrogen and oxygen atoms in total. The smallest absolute Gasteiger partial charge is 0.320 e. The highest BCUT2D eigenvalue weighted by molar-refractivity contribution is 7.98. The van der Waals surface area contributed by atoms with E-state index in [1.807, 2.05) is 54.8 Å². The van der Waals surface area contributed by atoms with Crippen molar-refractivity contribution in [3.63, 3.8) is 0 Å². The summed E-state index contributed by atoms with van der Waals surface area (Å²) >= 11 is 1.66. The Labute approximate surface area is 161 Å². The highest BCUT2D eigenvalue weighted by Crippen LogP contribution is 2.27. The third-order valence-corrected chi connectivity index (χ3v) is 4.86. The molecule has 2 aromatic carbocycles. The molecular formula is C20H20N4O2S. The van der Waals surface area contributed by atoms with Gasteiger partial charge in [0.25, 0.3) is 0 Å². The van der Waals surface area contributed by atoms with E-state index in [0.717, 1.165) is 27.3 Å². The molecule has 27 heavy (non-hydrogen) atoms. The minimum Gasteiger partial charge on any atom is -0.480 e. The normalized spacial score (nSPS) is 11.9. The number of aliphatic carboxylic acids is 1. The molecule has 138 valence electrons. The van der Waals surface area contributed by atoms with Crippen molar-refractivity contribution in [2.75, 3.05) is 12.0 Å². The van der Waals surface area contributed by atoms with Crippen LogP contribution in [0.1, 0.15) is 5.56 Å². The Kier molecular flexibility index (Phi) is 5.73. The fourth-order valence-electron chi connectivity index (χ4n) is 2.70. The van der Waals surface area contributed by atoms with E-state index in [-0.39, 0.29) is 12.4 Å². The summed E-state index contributed by atoms with van der Waals surface area (Å²) < 4.78 is 0. The molecule has 0 unspecified atom stereocenters. The van der Waals surface area contributed by atoms with Gasteiger partial charge in [0.2, 0.25) is 5.95 Å². The maximum Gasteiger partial charge on any atom is 0.320 e. The first-order valence-electron chi connectivity index (χ1n) is 8.33. The first kappa shape index (κ1) is 18.9. The zero-order chi connectivity index (χ0) is 19.4. The number of nitrogen functional groups attached to an aromatic ring is 1. The van der Waals surface area contributed by atoms with Gasteiger partial charge in [0.1, 0.15) is 6.04 Å². The fraction of sp³-hybridized carbons (Fsp3) is 0.150. The monoisotopic (exact) mass is 380 g/mol. The maximum atomic E-state index is 10.9. The van der Waals surface area contributed by atoms with E-state index in [4.69, 9.17) is 16.6 Å². The van der Waals surface area contributed by atoms with Gasteiger partial charge in [0, 0.05) is 16.0 Å². The summed E-state index contributed by atoms with van der Waals surface area (Å²) in [5.74, 6) is -0.811. The van der Waals surface area contributed by atoms with E-state index in [9.17, 15) is 4.79 Å². The molecular weight excluding hydrogens is 360 g/mol. The number of aromatic nitrogens is 2. The summed E-state index contributed by atoms with van der Waals surface area (Å²) in [6.07, 6.45) is 2.30. The maximum absolute atomic E-state index is 10.9. The number of nitrogens with two attached hydrogens (primary N) is 2. The number of rotatable bonds is 6. The standard InChI is InChI=1S/C20H20N4O2S/c1-27-15-4-2-3-14(10-15)18-11-17(23-20(22)24-18)13-7-5-12(6-8-13)9-16(21)19(25)26/h2-8,10-11,16H,9,21H2,1H3,(H,25,26)(H2,22,23,24)/t16-/m0/s1. The molecule has 0 bridgehead atoms. The van der Waals surface area contributed by atoms with Crippen LogP contribution in [-0.2, 0) is 11.2 Å². The van der Waals surface area contributed by atoms with Crippen LogP contribution in [0.2, 0.25) is 0 Å². The molecule has 0 radical (unpaired) electrons. The lowest BCUT2D eigenvalue weighted by atomic mass is 10.0. The average molecular weight is 380 g/mol. The Hall–Kier alpha value is -2.90. The summed E-state index contributed by atoms with van der Waals surface area (Å²) in [5.41, 5.74) is 15.7. The molecule has 0 spiro atoms. The molecule has 5 N–H and O–H groups in total. The molecule has 3 rings (SSSR count). The van der Waals surface area contributed by atoms with E-state index in [1.165, 1.54) is 0 Å². The Balaban J connectivity index is 1.91. The van der Waals surface area contributed by atoms with Gasteiger partial charge in [-0.1, -0.05) is 36.4 Å². The van der Waals surface area contributed by atoms with Crippen molar-refractivity contribution >= 4 is 23.7 Å². The molecule has 7 heteroatoms. The van der Waals surface area contributed by atoms with Crippen molar-refractivity contribution in [3.05, 3.63) is 60.2 Å². The quantitative estimate of drug-likeness (QED) is 0.563. The van der Waals surface area contributed by atoms with Crippen molar-refractivity contribution in [1.29, 1.82) is 0 Å². The van der Waals surface area contributed by atoms with Crippen LogP contribution in [0.3, 0.4) is 0 Å². The molecule has 0 aliphatic rings. The minimum atomic E-state index is -1.01. The molecule has 1 aromatic heterocycles. The number of carboxylic acids is 1. The van der Waals surface area contributed by atoms with Gasteiger partial charge in [-0.3, -0.25) is 4.79 Å². The second-order valence-electron chi connectivity index (χ2n) is 6.07. The highest BCUT2D eigenvalue weighted by atomic mass is 32.2. The predicted octanol–water partition coefficient (Wildman–Crippen LogP) is 3.07. The fourth-order valence-corrected chi connectivity index (χ4v) is 3.16. The zero-order valence-corrected chi connectivity index (χ0v) is 15.6. The third-order valence-electron chi connectivity index (χ3n) is 4.13. The van der Waals surface area contributed by atoms with Crippen molar-refractivity contribution in [2.45, 2.75) is 17.4 Å². The highest BCUT2D eigenvalue weighted by Gasteiger charge is 2.12. The van der Waals surface area contributed by atoms with Crippen molar-refractivity contribution in [1.82, 2.24) is 9.97 Å². The molecule has 1 heterocycles. The Bertz CT molecular complexity index is 960. The van der Waals surface area contributed by atoms with Crippen LogP contribution in [0.15, 0.2) is 59.5 Å². The molecule has 1 atom stereocenters. The second kappa shape index (κ2) is 8.20. The minimum absolute atomic E-state index is 0.203. The number of hydrogen-bond donors (Lipinski definition) is 3. The topological polar surface area (TPSA) is 115 Å². The molecule has 0 aliphatic heterocycles. The number of benzene rings is 2. The summed E-state index contributed by atoms with van der Waals surface area (Å²) in [4.78, 5) is 20.7. The van der Waals surface area contributed by atoms with Gasteiger partial charge in [0.15, 0.2) is 0 Å². The Morgan fingerprint density at radius 3 is 2.37 bits per heavy atom. The molecule has 0 saturated heterocycles. The second-order valence-corrected chi connectivity index (χ2v) is 6.95. The van der Waals surface area contributed by atoms with Crippen LogP contribution in [0.4, 0.5) is 5.95 Å². The van der Waals surface area contributed by atoms with Crippen LogP contribution < -0.4 is 11.5 Å². The SMILES string of the molecule is CSc1cccc(-c2cc(-c3ccc(C[C@H](N)C(=O)O)cc3)nc(N)n2)c1. The van der Waals surface area contributed by atoms with Crippen LogP contribution in [0.25, 0.3) is 22.5 Å². The van der Waals surface area contributed by atoms with E-state index < -0.39 is 12.0 Å². The first-order valence-corrected chi connectivity index (χ1v) is 9.55. The van der Waals surface area contributed by atoms with Crippen LogP contribution in [-0.4, -0.2) is 33.3 Å². The predicted molar refractivity (Wildman–Crippen MR) is 108 cm³/mol. The molecule has 3 aromatic rings. The van der Waals surface area contributed by atoms with Gasteiger partial charge >= 0.3 is 5.97 Å². The summed E-state index contributed by atoms with van der Waals surface area (Å²) in [7, 11) is 0. The van der Waals surface area contributed by atoms with Crippen LogP contribution in [0.5, 0.6) is 0 Å². The van der Waals surface area contributed by atoms with Gasteiger partial charge < -0.3 is 16.6 Å². The first-order chi connectivity index (χ1) is 13.0. The number of carbonyl (C=O) groups is 1. The van der Waals surface area contributed by atoms with Gasteiger partial charge in [-0.25, -0.2) is 9.97 Å². The van der Waals surface area contributed by atoms with Gasteiger partial charge in [-0.15, -0.1) is 11.8 Å². The molecule has 0 aliphatic carbocycles. The number of thioether (sulfide) groups is 1. The molecule has 0 amide bonds. The lowest BCUT2D eigenvalue weighted by Gasteiger charge is -2.09. The Morgan fingerprint density at radius 1 is 1.07 bits per heavy atom. The molecule has 0 saturated carbocycles. The van der Waals surface area contributed by atoms with E-state index in [0.29, 0.717) is 5.69 Å². The van der Waals surface area contributed by atoms with Crippen molar-refractivity contribution in [3.8, 4) is 22.5 Å². The number of anilines is 1. The Morgan fingerprint density at radius 2 is 1.74 bits per heavy atom. The van der Waals surface area contributed by atoms with E-state index in [1.54, 1.807) is 11.8 Å². The van der Waals surface area contributed by atoms with Gasteiger partial charge in [0.05, 0.1) is 11.4 Å². The lowest BCUT2D eigenvalue weighted by Crippen LogP contribution is -2.32. The number of carboxylic acid groups (broad SMARTS) is 1. The van der Waals surface area contributed by atoms with Gasteiger partial charge in [-0.05, 0) is 36.4 Å². The van der Waals surface area contributed by atoms with Crippen molar-refractivity contribution in [2.24, 2.45) is 5.73 Å². The largest absolute Gasteiger partial charge is 0.480 e. The van der Waals surface area contributed by atoms with E-state index >= 15 is 0 Å². The third kappa shape index (κ3) is 4.64. The van der Waals surface area contributed by atoms with E-state index in [2.05, 4.69) is 16.0 Å². The number of nitrogens with zero attached hydrogens (tertiary/aromatic N) is 2.